The molecule has 4 nitrogen and oxygen atoms in total. The number of benzene rings is 1. The Morgan fingerprint density at radius 2 is 2.00 bits per heavy atom. The number of rotatable bonds is 11. The molecule has 0 fully saturated rings. The zero-order valence-corrected chi connectivity index (χ0v) is 14.4. The van der Waals surface area contributed by atoms with Crippen LogP contribution in [-0.4, -0.2) is 35.3 Å². The Morgan fingerprint density at radius 1 is 1.23 bits per heavy atom. The molecule has 120 valence electrons. The third-order valence-corrected chi connectivity index (χ3v) is 4.24. The van der Waals surface area contributed by atoms with E-state index in [2.05, 4.69) is 12.6 Å². The Bertz CT molecular complexity index is 474. The molecule has 0 unspecified atom stereocenters. The van der Waals surface area contributed by atoms with Gasteiger partial charge in [-0.1, -0.05) is 31.2 Å². The van der Waals surface area contributed by atoms with Gasteiger partial charge in [-0.05, 0) is 31.5 Å². The molecular formula is C17H24O4Si. The number of unbranched alkanes of at least 4 members (excludes halogenated alkanes) is 1. The minimum Gasteiger partial charge on any atom is -0.490 e. The van der Waals surface area contributed by atoms with Crippen molar-refractivity contribution in [1.29, 1.82) is 0 Å². The van der Waals surface area contributed by atoms with E-state index in [1.807, 2.05) is 26.0 Å². The van der Waals surface area contributed by atoms with E-state index in [1.165, 1.54) is 11.3 Å². The van der Waals surface area contributed by atoms with Crippen LogP contribution in [0.25, 0.3) is 0 Å². The average Bonchev–Trinajstić information content (AvgIpc) is 2.53. The Hall–Kier alpha value is -1.75. The molecule has 0 aliphatic heterocycles. The maximum absolute atomic E-state index is 10.9. The summed E-state index contributed by atoms with van der Waals surface area (Å²) in [5.74, 6) is 1.32. The van der Waals surface area contributed by atoms with E-state index in [4.69, 9.17) is 14.2 Å². The predicted octanol–water partition coefficient (Wildman–Crippen LogP) is 2.74. The molecule has 0 amide bonds. The number of ether oxygens (including phenoxy) is 3. The lowest BCUT2D eigenvalue weighted by Crippen LogP contribution is -2.18. The molecule has 1 rings (SSSR count). The summed E-state index contributed by atoms with van der Waals surface area (Å²) in [7, 11) is 0.654. The molecule has 0 bridgehead atoms. The molecule has 1 aromatic rings. The van der Waals surface area contributed by atoms with Crippen molar-refractivity contribution >= 4 is 20.7 Å². The first-order valence-electron chi connectivity index (χ1n) is 7.64. The summed E-state index contributed by atoms with van der Waals surface area (Å²) < 4.78 is 16.3. The minimum atomic E-state index is -0.356. The second-order valence-electron chi connectivity index (χ2n) is 4.50. The van der Waals surface area contributed by atoms with E-state index in [-0.39, 0.29) is 5.97 Å². The summed E-state index contributed by atoms with van der Waals surface area (Å²) in [6.07, 6.45) is 3.06. The molecule has 0 saturated heterocycles. The van der Waals surface area contributed by atoms with Gasteiger partial charge in [0, 0.05) is 6.08 Å². The van der Waals surface area contributed by atoms with Gasteiger partial charge in [0.25, 0.3) is 0 Å². The van der Waals surface area contributed by atoms with Crippen LogP contribution in [0.4, 0.5) is 0 Å². The summed E-state index contributed by atoms with van der Waals surface area (Å²) in [5, 5.41) is 1.19. The van der Waals surface area contributed by atoms with Gasteiger partial charge >= 0.3 is 5.97 Å². The lowest BCUT2D eigenvalue weighted by molar-refractivity contribution is -0.137. The summed E-state index contributed by atoms with van der Waals surface area (Å²) in [6, 6.07) is 7.07. The van der Waals surface area contributed by atoms with Crippen molar-refractivity contribution in [3.8, 4) is 11.5 Å². The third kappa shape index (κ3) is 6.35. The fourth-order valence-electron chi connectivity index (χ4n) is 1.90. The van der Waals surface area contributed by atoms with Crippen molar-refractivity contribution in [3.63, 3.8) is 0 Å². The molecule has 22 heavy (non-hydrogen) atoms. The van der Waals surface area contributed by atoms with E-state index in [0.717, 1.165) is 30.4 Å². The quantitative estimate of drug-likeness (QED) is 0.272. The first-order chi connectivity index (χ1) is 10.7. The number of carbonyl (C=O) groups excluding carboxylic acids is 1. The second kappa shape index (κ2) is 10.9. The van der Waals surface area contributed by atoms with Gasteiger partial charge in [0.2, 0.25) is 0 Å². The van der Waals surface area contributed by atoms with Crippen LogP contribution in [-0.2, 0) is 9.53 Å². The van der Waals surface area contributed by atoms with E-state index >= 15 is 0 Å². The highest BCUT2D eigenvalue weighted by Gasteiger charge is 2.10. The van der Waals surface area contributed by atoms with Crippen LogP contribution in [0.2, 0.25) is 6.04 Å². The number of hydrogen-bond donors (Lipinski definition) is 0. The largest absolute Gasteiger partial charge is 0.490 e. The van der Waals surface area contributed by atoms with Crippen LogP contribution in [0.1, 0.15) is 26.7 Å². The Balaban J connectivity index is 2.45. The summed E-state index contributed by atoms with van der Waals surface area (Å²) in [6.45, 7) is 9.01. The van der Waals surface area contributed by atoms with Gasteiger partial charge in [-0.3, -0.25) is 0 Å². The van der Waals surface area contributed by atoms with Crippen molar-refractivity contribution in [1.82, 2.24) is 0 Å². The molecule has 0 atom stereocenters. The normalized spacial score (nSPS) is 10.1. The molecule has 0 saturated carbocycles. The zero-order valence-electron chi connectivity index (χ0n) is 13.4. The maximum Gasteiger partial charge on any atom is 0.330 e. The monoisotopic (exact) mass is 320 g/mol. The number of para-hydroxylation sites is 1. The van der Waals surface area contributed by atoms with Gasteiger partial charge in [0.05, 0.1) is 29.3 Å². The predicted molar refractivity (Wildman–Crippen MR) is 89.4 cm³/mol. The lowest BCUT2D eigenvalue weighted by Gasteiger charge is -2.14. The van der Waals surface area contributed by atoms with Crippen LogP contribution in [0, 0.1) is 0 Å². The van der Waals surface area contributed by atoms with Crippen molar-refractivity contribution in [2.75, 3.05) is 19.8 Å². The van der Waals surface area contributed by atoms with Crippen molar-refractivity contribution in [2.45, 2.75) is 32.7 Å². The molecular weight excluding hydrogens is 296 g/mol. The lowest BCUT2D eigenvalue weighted by atomic mass is 10.3. The van der Waals surface area contributed by atoms with Crippen LogP contribution < -0.4 is 14.7 Å². The highest BCUT2D eigenvalue weighted by Crippen LogP contribution is 2.24. The topological polar surface area (TPSA) is 44.8 Å². The Morgan fingerprint density at radius 3 is 2.68 bits per heavy atom. The smallest absolute Gasteiger partial charge is 0.330 e. The molecule has 0 aromatic heterocycles. The van der Waals surface area contributed by atoms with Crippen molar-refractivity contribution in [3.05, 3.63) is 30.9 Å². The van der Waals surface area contributed by atoms with Gasteiger partial charge in [-0.2, -0.15) is 0 Å². The van der Waals surface area contributed by atoms with Crippen LogP contribution in [0.15, 0.2) is 30.9 Å². The van der Waals surface area contributed by atoms with Gasteiger partial charge in [0.15, 0.2) is 11.5 Å². The van der Waals surface area contributed by atoms with Crippen molar-refractivity contribution < 1.29 is 19.0 Å². The summed E-state index contributed by atoms with van der Waals surface area (Å²) in [5.41, 5.74) is 0. The third-order valence-electron chi connectivity index (χ3n) is 2.86. The minimum absolute atomic E-state index is 0.356. The molecule has 0 N–H and O–H groups in total. The SMILES string of the molecule is C=CC(=O)OCCCC[Si]c1cccc(OCC)c1OCC. The van der Waals surface area contributed by atoms with E-state index < -0.39 is 0 Å². The first kappa shape index (κ1) is 18.3. The molecule has 0 aliphatic carbocycles. The fraction of sp³-hybridized carbons (Fsp3) is 0.471. The molecule has 0 heterocycles. The Kier molecular flexibility index (Phi) is 9.06. The first-order valence-corrected chi connectivity index (χ1v) is 8.85. The van der Waals surface area contributed by atoms with E-state index in [1.54, 1.807) is 0 Å². The highest BCUT2D eigenvalue weighted by atomic mass is 28.2. The number of hydrogen-bond acceptors (Lipinski definition) is 4. The molecule has 1 aromatic carbocycles. The molecule has 5 heteroatoms. The fourth-order valence-corrected chi connectivity index (χ4v) is 3.17. The van der Waals surface area contributed by atoms with Gasteiger partial charge < -0.3 is 14.2 Å². The molecule has 2 radical (unpaired) electrons. The standard InChI is InChI=1S/C17H24O4Si/c1-4-16(18)21-12-7-8-13-22-15-11-9-10-14(19-5-2)17(15)20-6-3/h4,9-11H,1,5-8,12-13H2,2-3H3. The molecule has 0 aliphatic rings. The zero-order chi connectivity index (χ0) is 16.2. The number of esters is 1. The summed E-state index contributed by atoms with van der Waals surface area (Å²) in [4.78, 5) is 10.9. The van der Waals surface area contributed by atoms with Crippen LogP contribution in [0.5, 0.6) is 11.5 Å². The second-order valence-corrected chi connectivity index (χ2v) is 5.90. The molecule has 0 spiro atoms. The number of carbonyl (C=O) groups is 1. The van der Waals surface area contributed by atoms with Gasteiger partial charge in [-0.25, -0.2) is 4.79 Å². The van der Waals surface area contributed by atoms with Gasteiger partial charge in [0.1, 0.15) is 0 Å². The Labute approximate surface area is 135 Å². The van der Waals surface area contributed by atoms with Gasteiger partial charge in [-0.15, -0.1) is 0 Å². The highest BCUT2D eigenvalue weighted by molar-refractivity contribution is 6.54. The van der Waals surface area contributed by atoms with Crippen LogP contribution >= 0.6 is 0 Å². The summed E-state index contributed by atoms with van der Waals surface area (Å²) >= 11 is 0. The average molecular weight is 320 g/mol. The van der Waals surface area contributed by atoms with Crippen molar-refractivity contribution in [2.24, 2.45) is 0 Å². The van der Waals surface area contributed by atoms with E-state index in [9.17, 15) is 4.79 Å². The maximum atomic E-state index is 10.9. The van der Waals surface area contributed by atoms with Crippen LogP contribution in [0.3, 0.4) is 0 Å². The van der Waals surface area contributed by atoms with E-state index in [0.29, 0.717) is 29.3 Å².